The van der Waals surface area contributed by atoms with Gasteiger partial charge in [-0.25, -0.2) is 0 Å². The Morgan fingerprint density at radius 2 is 1.84 bits per heavy atom. The number of aromatic hydroxyl groups is 1. The van der Waals surface area contributed by atoms with Crippen molar-refractivity contribution >= 4 is 5.69 Å². The Labute approximate surface area is 148 Å². The summed E-state index contributed by atoms with van der Waals surface area (Å²) in [5.74, 6) is 0.265. The van der Waals surface area contributed by atoms with Gasteiger partial charge in [-0.05, 0) is 34.7 Å². The van der Waals surface area contributed by atoms with E-state index in [2.05, 4.69) is 44.3 Å². The number of phenols is 1. The second-order valence-corrected chi connectivity index (χ2v) is 7.90. The molecule has 2 aliphatic rings. The van der Waals surface area contributed by atoms with Gasteiger partial charge < -0.3 is 19.9 Å². The molecule has 0 amide bonds. The molecule has 132 valence electrons. The predicted octanol–water partition coefficient (Wildman–Crippen LogP) is 4.31. The number of phenolic OH excluding ortho intramolecular Hbond substituents is 1. The molecule has 2 N–H and O–H groups in total. The van der Waals surface area contributed by atoms with Gasteiger partial charge in [0.25, 0.3) is 0 Å². The highest BCUT2D eigenvalue weighted by Crippen LogP contribution is 2.45. The number of anilines is 1. The molecule has 1 fully saturated rings. The Hall–Kier alpha value is -2.04. The number of hydrogen-bond acceptors (Lipinski definition) is 4. The van der Waals surface area contributed by atoms with Gasteiger partial charge >= 0.3 is 0 Å². The monoisotopic (exact) mass is 339 g/mol. The fourth-order valence-corrected chi connectivity index (χ4v) is 3.72. The van der Waals surface area contributed by atoms with Gasteiger partial charge in [-0.1, -0.05) is 45.0 Å². The van der Waals surface area contributed by atoms with Crippen molar-refractivity contribution in [2.75, 3.05) is 18.5 Å². The van der Waals surface area contributed by atoms with Crippen LogP contribution in [0.4, 0.5) is 5.69 Å². The van der Waals surface area contributed by atoms with E-state index in [0.29, 0.717) is 13.2 Å². The summed E-state index contributed by atoms with van der Waals surface area (Å²) >= 11 is 0. The molecule has 1 saturated heterocycles. The van der Waals surface area contributed by atoms with Crippen LogP contribution in [0.3, 0.4) is 0 Å². The molecule has 2 aromatic carbocycles. The molecule has 2 aromatic rings. The topological polar surface area (TPSA) is 50.7 Å². The summed E-state index contributed by atoms with van der Waals surface area (Å²) < 4.78 is 12.2. The summed E-state index contributed by atoms with van der Waals surface area (Å²) in [6.07, 6.45) is -0.210. The van der Waals surface area contributed by atoms with Crippen molar-refractivity contribution in [1.29, 1.82) is 0 Å². The maximum Gasteiger partial charge on any atom is 0.115 e. The largest absolute Gasteiger partial charge is 0.508 e. The van der Waals surface area contributed by atoms with Crippen LogP contribution in [0.25, 0.3) is 0 Å². The zero-order valence-corrected chi connectivity index (χ0v) is 15.0. The van der Waals surface area contributed by atoms with Crippen LogP contribution >= 0.6 is 0 Å². The maximum atomic E-state index is 9.86. The lowest BCUT2D eigenvalue weighted by Gasteiger charge is -2.43. The lowest BCUT2D eigenvalue weighted by atomic mass is 9.82. The third kappa shape index (κ3) is 3.00. The van der Waals surface area contributed by atoms with Gasteiger partial charge in [0.2, 0.25) is 0 Å². The average Bonchev–Trinajstić information content (AvgIpc) is 2.60. The third-order valence-corrected chi connectivity index (χ3v) is 5.08. The number of fused-ring (bicyclic) bond motifs is 3. The Bertz CT molecular complexity index is 781. The third-order valence-electron chi connectivity index (χ3n) is 5.08. The smallest absolute Gasteiger partial charge is 0.115 e. The first kappa shape index (κ1) is 16.4. The van der Waals surface area contributed by atoms with Crippen molar-refractivity contribution in [3.05, 3.63) is 59.2 Å². The van der Waals surface area contributed by atoms with Crippen LogP contribution < -0.4 is 5.32 Å². The van der Waals surface area contributed by atoms with Gasteiger partial charge in [-0.2, -0.15) is 0 Å². The van der Waals surface area contributed by atoms with Gasteiger partial charge in [0, 0.05) is 11.3 Å². The molecule has 2 aliphatic heterocycles. The molecule has 0 aromatic heterocycles. The molecule has 0 aliphatic carbocycles. The summed E-state index contributed by atoms with van der Waals surface area (Å²) in [5.41, 5.74) is 4.62. The van der Waals surface area contributed by atoms with Crippen LogP contribution in [-0.2, 0) is 14.9 Å². The molecule has 4 heteroatoms. The standard InChI is InChI=1S/C21H25NO3/c1-21(2,3)14-7-8-17-16(12-14)19-20(25-10-9-24-19)18(22-17)13-5-4-6-15(23)11-13/h4-8,11-12,18-20,22-23H,9-10H2,1-3H3. The van der Waals surface area contributed by atoms with Crippen molar-refractivity contribution in [1.82, 2.24) is 0 Å². The second kappa shape index (κ2) is 6.04. The van der Waals surface area contributed by atoms with E-state index >= 15 is 0 Å². The van der Waals surface area contributed by atoms with Gasteiger partial charge in [0.15, 0.2) is 0 Å². The molecule has 25 heavy (non-hydrogen) atoms. The molecular formula is C21H25NO3. The minimum atomic E-state index is -0.113. The Morgan fingerprint density at radius 1 is 1.04 bits per heavy atom. The molecule has 0 spiro atoms. The SMILES string of the molecule is CC(C)(C)c1ccc2c(c1)C1OCCOC1C(c1cccc(O)c1)N2. The van der Waals surface area contributed by atoms with Crippen LogP contribution in [0.2, 0.25) is 0 Å². The molecule has 4 nitrogen and oxygen atoms in total. The van der Waals surface area contributed by atoms with Crippen LogP contribution in [0, 0.1) is 0 Å². The van der Waals surface area contributed by atoms with E-state index < -0.39 is 0 Å². The van der Waals surface area contributed by atoms with Crippen molar-refractivity contribution in [3.63, 3.8) is 0 Å². The molecule has 2 heterocycles. The first-order valence-corrected chi connectivity index (χ1v) is 8.86. The number of benzene rings is 2. The predicted molar refractivity (Wildman–Crippen MR) is 98.0 cm³/mol. The van der Waals surface area contributed by atoms with E-state index in [4.69, 9.17) is 9.47 Å². The number of ether oxygens (including phenoxy) is 2. The van der Waals surface area contributed by atoms with Crippen LogP contribution in [-0.4, -0.2) is 24.4 Å². The van der Waals surface area contributed by atoms with Gasteiger partial charge in [0.1, 0.15) is 18.0 Å². The summed E-state index contributed by atoms with van der Waals surface area (Å²) in [5, 5.41) is 13.5. The lowest BCUT2D eigenvalue weighted by Crippen LogP contribution is -2.43. The zero-order valence-electron chi connectivity index (χ0n) is 15.0. The van der Waals surface area contributed by atoms with Gasteiger partial charge in [-0.15, -0.1) is 0 Å². The average molecular weight is 339 g/mol. The molecular weight excluding hydrogens is 314 g/mol. The van der Waals surface area contributed by atoms with E-state index in [1.54, 1.807) is 12.1 Å². The maximum absolute atomic E-state index is 9.86. The normalized spacial score (nSPS) is 25.6. The first-order chi connectivity index (χ1) is 11.9. The number of rotatable bonds is 1. The van der Waals surface area contributed by atoms with Gasteiger partial charge in [0.05, 0.1) is 19.3 Å². The molecule has 3 atom stereocenters. The molecule has 4 rings (SSSR count). The summed E-state index contributed by atoms with van der Waals surface area (Å²) in [6.45, 7) is 7.85. The molecule has 3 unspecified atom stereocenters. The quantitative estimate of drug-likeness (QED) is 0.813. The Balaban J connectivity index is 1.78. The second-order valence-electron chi connectivity index (χ2n) is 7.90. The van der Waals surface area contributed by atoms with E-state index in [9.17, 15) is 5.11 Å². The highest BCUT2D eigenvalue weighted by Gasteiger charge is 2.41. The summed E-state index contributed by atoms with van der Waals surface area (Å²) in [7, 11) is 0. The summed E-state index contributed by atoms with van der Waals surface area (Å²) in [6, 6.07) is 13.9. The highest BCUT2D eigenvalue weighted by molar-refractivity contribution is 5.59. The summed E-state index contributed by atoms with van der Waals surface area (Å²) in [4.78, 5) is 0. The molecule has 0 bridgehead atoms. The minimum Gasteiger partial charge on any atom is -0.508 e. The van der Waals surface area contributed by atoms with E-state index in [1.807, 2.05) is 12.1 Å². The van der Waals surface area contributed by atoms with Crippen molar-refractivity contribution < 1.29 is 14.6 Å². The van der Waals surface area contributed by atoms with Crippen molar-refractivity contribution in [3.8, 4) is 5.75 Å². The van der Waals surface area contributed by atoms with Crippen molar-refractivity contribution in [2.45, 2.75) is 44.4 Å². The molecule has 0 radical (unpaired) electrons. The highest BCUT2D eigenvalue weighted by atomic mass is 16.6. The van der Waals surface area contributed by atoms with Crippen LogP contribution in [0.15, 0.2) is 42.5 Å². The van der Waals surface area contributed by atoms with E-state index in [-0.39, 0.29) is 29.4 Å². The van der Waals surface area contributed by atoms with E-state index in [1.165, 1.54) is 5.56 Å². The van der Waals surface area contributed by atoms with Crippen LogP contribution in [0.1, 0.15) is 49.6 Å². The van der Waals surface area contributed by atoms with Crippen molar-refractivity contribution in [2.24, 2.45) is 0 Å². The van der Waals surface area contributed by atoms with E-state index in [0.717, 1.165) is 16.8 Å². The number of hydrogen-bond donors (Lipinski definition) is 2. The fourth-order valence-electron chi connectivity index (χ4n) is 3.72. The first-order valence-electron chi connectivity index (χ1n) is 8.86. The fraction of sp³-hybridized carbons (Fsp3) is 0.429. The zero-order chi connectivity index (χ0) is 17.6. The lowest BCUT2D eigenvalue weighted by molar-refractivity contribution is -0.151. The molecule has 0 saturated carbocycles. The minimum absolute atomic E-state index is 0.0506. The van der Waals surface area contributed by atoms with Gasteiger partial charge in [-0.3, -0.25) is 0 Å². The van der Waals surface area contributed by atoms with Crippen LogP contribution in [0.5, 0.6) is 5.75 Å². The Kier molecular flexibility index (Phi) is 3.97. The number of nitrogens with one attached hydrogen (secondary N) is 1. The Morgan fingerprint density at radius 3 is 2.60 bits per heavy atom.